The van der Waals surface area contributed by atoms with Crippen molar-refractivity contribution in [1.82, 2.24) is 4.57 Å². The van der Waals surface area contributed by atoms with Crippen LogP contribution in [0.25, 0.3) is 11.1 Å². The monoisotopic (exact) mass is 369 g/mol. The first-order valence-electron chi connectivity index (χ1n) is 8.61. The molecule has 1 atom stereocenters. The highest BCUT2D eigenvalue weighted by atomic mass is 32.2. The summed E-state index contributed by atoms with van der Waals surface area (Å²) in [6.45, 7) is 2.36. The largest absolute Gasteiger partial charge is 0.429 e. The smallest absolute Gasteiger partial charge is 0.274 e. The van der Waals surface area contributed by atoms with Crippen LogP contribution in [0.3, 0.4) is 0 Å². The van der Waals surface area contributed by atoms with Crippen LogP contribution in [0.15, 0.2) is 27.5 Å². The summed E-state index contributed by atoms with van der Waals surface area (Å²) in [7, 11) is -1.06. The Morgan fingerprint density at radius 2 is 2.00 bits per heavy atom. The molecule has 3 rings (SSSR count). The second-order valence-electron chi connectivity index (χ2n) is 6.67. The number of fused-ring (bicyclic) bond motifs is 1. The summed E-state index contributed by atoms with van der Waals surface area (Å²) in [5, 5.41) is 0. The number of rotatable bonds is 5. The highest BCUT2D eigenvalue weighted by Crippen LogP contribution is 2.22. The van der Waals surface area contributed by atoms with E-state index >= 15 is 0 Å². The first-order valence-corrected chi connectivity index (χ1v) is 10.7. The van der Waals surface area contributed by atoms with E-state index in [1.807, 2.05) is 4.57 Å². The van der Waals surface area contributed by atoms with E-state index in [9.17, 15) is 8.42 Å². The average molecular weight is 370 g/mol. The van der Waals surface area contributed by atoms with Gasteiger partial charge in [-0.3, -0.25) is 4.57 Å². The molecule has 1 aromatic heterocycles. The number of sulfone groups is 1. The minimum absolute atomic E-state index is 0.0876. The molecule has 0 radical (unpaired) electrons. The molecule has 0 spiro atoms. The van der Waals surface area contributed by atoms with Crippen molar-refractivity contribution in [2.75, 3.05) is 12.8 Å². The fourth-order valence-corrected chi connectivity index (χ4v) is 4.68. The van der Waals surface area contributed by atoms with Crippen molar-refractivity contribution in [2.45, 2.75) is 56.6 Å². The van der Waals surface area contributed by atoms with E-state index in [4.69, 9.17) is 16.6 Å². The number of hydrogen-bond donors (Lipinski definition) is 1. The SMILES string of the molecule is CCS(=O)(=O)c1ccc2oc(=S)n(C[NH+](C)C3CCCCC3)c2c1. The van der Waals surface area contributed by atoms with Gasteiger partial charge in [0.25, 0.3) is 4.84 Å². The van der Waals surface area contributed by atoms with Gasteiger partial charge in [0.05, 0.1) is 29.3 Å². The minimum Gasteiger partial charge on any atom is -0.429 e. The Kier molecular flexibility index (Phi) is 5.13. The van der Waals surface area contributed by atoms with Gasteiger partial charge < -0.3 is 9.32 Å². The fourth-order valence-electron chi connectivity index (χ4n) is 3.53. The number of quaternary nitrogens is 1. The van der Waals surface area contributed by atoms with Gasteiger partial charge in [-0.05, 0) is 56.1 Å². The Balaban J connectivity index is 1.96. The Morgan fingerprint density at radius 1 is 1.29 bits per heavy atom. The van der Waals surface area contributed by atoms with Crippen molar-refractivity contribution < 1.29 is 17.7 Å². The van der Waals surface area contributed by atoms with Gasteiger partial charge in [0.15, 0.2) is 22.1 Å². The molecule has 0 amide bonds. The maximum Gasteiger partial charge on any atom is 0.274 e. The predicted octanol–water partition coefficient (Wildman–Crippen LogP) is 2.56. The summed E-state index contributed by atoms with van der Waals surface area (Å²) in [6, 6.07) is 5.64. The zero-order chi connectivity index (χ0) is 17.3. The van der Waals surface area contributed by atoms with Crippen molar-refractivity contribution in [2.24, 2.45) is 0 Å². The van der Waals surface area contributed by atoms with Crippen LogP contribution in [-0.2, 0) is 16.5 Å². The number of nitrogens with one attached hydrogen (secondary N) is 1. The third kappa shape index (κ3) is 3.43. The van der Waals surface area contributed by atoms with Gasteiger partial charge in [0.1, 0.15) is 0 Å². The van der Waals surface area contributed by atoms with Gasteiger partial charge in [-0.2, -0.15) is 0 Å². The highest BCUT2D eigenvalue weighted by molar-refractivity contribution is 7.91. The van der Waals surface area contributed by atoms with Crippen LogP contribution >= 0.6 is 12.2 Å². The Labute approximate surface area is 148 Å². The van der Waals surface area contributed by atoms with Crippen molar-refractivity contribution in [3.63, 3.8) is 0 Å². The van der Waals surface area contributed by atoms with E-state index in [2.05, 4.69) is 7.05 Å². The van der Waals surface area contributed by atoms with Crippen molar-refractivity contribution >= 4 is 33.2 Å². The molecule has 24 heavy (non-hydrogen) atoms. The van der Waals surface area contributed by atoms with Crippen LogP contribution in [0.5, 0.6) is 0 Å². The zero-order valence-electron chi connectivity index (χ0n) is 14.2. The van der Waals surface area contributed by atoms with Crippen LogP contribution in [0.2, 0.25) is 0 Å². The second-order valence-corrected chi connectivity index (χ2v) is 9.30. The molecule has 0 aliphatic heterocycles. The third-order valence-corrected chi connectivity index (χ3v) is 7.12. The zero-order valence-corrected chi connectivity index (χ0v) is 15.9. The van der Waals surface area contributed by atoms with E-state index in [-0.39, 0.29) is 5.75 Å². The minimum atomic E-state index is -3.24. The normalized spacial score (nSPS) is 18.1. The van der Waals surface area contributed by atoms with Gasteiger partial charge in [0, 0.05) is 0 Å². The molecular weight excluding hydrogens is 344 g/mol. The molecule has 1 heterocycles. The highest BCUT2D eigenvalue weighted by Gasteiger charge is 2.23. The lowest BCUT2D eigenvalue weighted by atomic mass is 9.95. The summed E-state index contributed by atoms with van der Waals surface area (Å²) in [5.41, 5.74) is 1.41. The van der Waals surface area contributed by atoms with Crippen LogP contribution < -0.4 is 4.90 Å². The van der Waals surface area contributed by atoms with Crippen molar-refractivity contribution in [1.29, 1.82) is 0 Å². The van der Waals surface area contributed by atoms with Crippen molar-refractivity contribution in [3.8, 4) is 0 Å². The Bertz CT molecular complexity index is 877. The lowest BCUT2D eigenvalue weighted by molar-refractivity contribution is -0.929. The summed E-state index contributed by atoms with van der Waals surface area (Å²) < 4.78 is 31.9. The molecule has 0 bridgehead atoms. The van der Waals surface area contributed by atoms with E-state index in [1.54, 1.807) is 25.1 Å². The number of nitrogens with zero attached hydrogens (tertiary/aromatic N) is 1. The predicted molar refractivity (Wildman–Crippen MR) is 96.5 cm³/mol. The van der Waals surface area contributed by atoms with Gasteiger partial charge >= 0.3 is 0 Å². The van der Waals surface area contributed by atoms with Crippen LogP contribution in [0, 0.1) is 4.84 Å². The average Bonchev–Trinajstić information content (AvgIpc) is 2.90. The van der Waals surface area contributed by atoms with E-state index < -0.39 is 9.84 Å². The quantitative estimate of drug-likeness (QED) is 0.823. The van der Waals surface area contributed by atoms with Gasteiger partial charge in [-0.25, -0.2) is 8.42 Å². The summed E-state index contributed by atoms with van der Waals surface area (Å²) in [4.78, 5) is 2.14. The van der Waals surface area contributed by atoms with E-state index in [0.29, 0.717) is 28.0 Å². The Hall–Kier alpha value is -1.18. The molecule has 1 unspecified atom stereocenters. The van der Waals surface area contributed by atoms with Crippen LogP contribution in [0.4, 0.5) is 0 Å². The topological polar surface area (TPSA) is 56.6 Å². The van der Waals surface area contributed by atoms with Gasteiger partial charge in [0.2, 0.25) is 0 Å². The molecule has 132 valence electrons. The van der Waals surface area contributed by atoms with E-state index in [0.717, 1.165) is 5.52 Å². The summed E-state index contributed by atoms with van der Waals surface area (Å²) >= 11 is 5.37. The first kappa shape index (κ1) is 17.6. The standard InChI is InChI=1S/C17H24N2O3S2/c1-3-24(20,21)14-9-10-16-15(11-14)19(17(23)22-16)12-18(2)13-7-5-4-6-8-13/h9-11,13H,3-8,12H2,1-2H3/p+1. The molecule has 2 aromatic rings. The van der Waals surface area contributed by atoms with E-state index in [1.165, 1.54) is 37.0 Å². The maximum atomic E-state index is 12.2. The molecule has 1 aromatic carbocycles. The maximum absolute atomic E-state index is 12.2. The van der Waals surface area contributed by atoms with Crippen molar-refractivity contribution in [3.05, 3.63) is 23.0 Å². The van der Waals surface area contributed by atoms with Crippen LogP contribution in [-0.4, -0.2) is 31.8 Å². The number of hydrogen-bond acceptors (Lipinski definition) is 4. The lowest BCUT2D eigenvalue weighted by Gasteiger charge is -2.28. The molecule has 1 aliphatic rings. The molecule has 1 fully saturated rings. The number of benzene rings is 1. The first-order chi connectivity index (χ1) is 11.4. The Morgan fingerprint density at radius 3 is 2.67 bits per heavy atom. The lowest BCUT2D eigenvalue weighted by Crippen LogP contribution is -3.12. The molecule has 5 nitrogen and oxygen atoms in total. The van der Waals surface area contributed by atoms with Crippen LogP contribution in [0.1, 0.15) is 39.0 Å². The third-order valence-electron chi connectivity index (χ3n) is 5.09. The second kappa shape index (κ2) is 6.98. The van der Waals surface area contributed by atoms with Gasteiger partial charge in [-0.1, -0.05) is 13.3 Å². The molecule has 1 saturated carbocycles. The summed E-state index contributed by atoms with van der Waals surface area (Å²) in [5.74, 6) is 0.0876. The fraction of sp³-hybridized carbons (Fsp3) is 0.588. The van der Waals surface area contributed by atoms with Gasteiger partial charge in [-0.15, -0.1) is 0 Å². The number of oxazole rings is 1. The molecule has 0 saturated heterocycles. The molecule has 1 aliphatic carbocycles. The number of aromatic nitrogens is 1. The summed E-state index contributed by atoms with van der Waals surface area (Å²) in [6.07, 6.45) is 6.39. The molecule has 1 N–H and O–H groups in total. The molecule has 7 heteroatoms. The molecular formula is C17H25N2O3S2+.